The number of hydrogen-bond acceptors (Lipinski definition) is 13. The average Bonchev–Trinajstić information content (AvgIpc) is 1.50. The third kappa shape index (κ3) is 20.1. The van der Waals surface area contributed by atoms with Crippen molar-refractivity contribution >= 4 is 70.9 Å². The lowest BCUT2D eigenvalue weighted by atomic mass is 9.74. The lowest BCUT2D eigenvalue weighted by molar-refractivity contribution is -0.157. The summed E-state index contributed by atoms with van der Waals surface area (Å²) in [6.07, 6.45) is -8.85. The highest BCUT2D eigenvalue weighted by Crippen LogP contribution is 2.40. The van der Waals surface area contributed by atoms with E-state index in [0.717, 1.165) is 65.6 Å². The summed E-state index contributed by atoms with van der Waals surface area (Å²) in [6, 6.07) is -7.28. The van der Waals surface area contributed by atoms with Gasteiger partial charge >= 0.3 is 12.4 Å². The van der Waals surface area contributed by atoms with Crippen LogP contribution in [0.2, 0.25) is 0 Å². The molecule has 0 radical (unpaired) electrons. The first-order valence-corrected chi connectivity index (χ1v) is 36.4. The molecular weight excluding hydrogens is 1420 g/mol. The number of carbonyl (C=O) groups is 12. The van der Waals surface area contributed by atoms with Crippen molar-refractivity contribution in [2.75, 3.05) is 89.2 Å². The van der Waals surface area contributed by atoms with Gasteiger partial charge < -0.3 is 64.8 Å². The van der Waals surface area contributed by atoms with Crippen LogP contribution in [0, 0.1) is 23.5 Å². The zero-order valence-corrected chi connectivity index (χ0v) is 63.1. The molecule has 2 aliphatic carbocycles. The third-order valence-electron chi connectivity index (χ3n) is 21.7. The minimum atomic E-state index is -5.46. The van der Waals surface area contributed by atoms with Crippen molar-refractivity contribution in [3.63, 3.8) is 0 Å². The maximum atomic E-state index is 15.5. The maximum Gasteiger partial charge on any atom is 0.422 e. The van der Waals surface area contributed by atoms with Crippen LogP contribution in [0.5, 0.6) is 0 Å². The average molecular weight is 1520 g/mol. The number of ether oxygens (including phenoxy) is 1. The molecule has 2 saturated heterocycles. The van der Waals surface area contributed by atoms with Crippen LogP contribution in [0.25, 0.3) is 0 Å². The summed E-state index contributed by atoms with van der Waals surface area (Å²) in [6.45, 7) is 6.10. The first-order valence-electron chi connectivity index (χ1n) is 36.4. The summed E-state index contributed by atoms with van der Waals surface area (Å²) in [5.41, 5.74) is -4.72. The van der Waals surface area contributed by atoms with E-state index in [-0.39, 0.29) is 63.8 Å². The second-order valence-corrected chi connectivity index (χ2v) is 29.4. The van der Waals surface area contributed by atoms with Crippen LogP contribution in [0.1, 0.15) is 147 Å². The minimum absolute atomic E-state index is 0.0158. The number of fused-ring (bicyclic) bond motifs is 3. The number of carbonyl (C=O) groups excluding carboxylic acids is 12. The smallest absolute Gasteiger partial charge is 0.377 e. The van der Waals surface area contributed by atoms with Gasteiger partial charge in [0.2, 0.25) is 70.9 Å². The Labute approximate surface area is 618 Å². The highest BCUT2D eigenvalue weighted by atomic mass is 19.4. The van der Waals surface area contributed by atoms with Gasteiger partial charge in [0.15, 0.2) is 0 Å². The molecule has 0 unspecified atom stereocenters. The Hall–Kier alpha value is -8.78. The standard InChI is InChI=1S/C74H102F8N12O13/c1-14-43(5)61-69(104)88(9)41-59(97)90(11)53-24-19-21-42(4)38-93(68(53)103)56(35-44-25-28-47(29-26-44)73(77,78)79)67(102)87(8)40-57(95)83-51(30-27-45-33-49(75)60(50(76)34-45)74(80,81)82)65(100)94-39-48(107-16-3)36-54(94)64(99)85-72(31-20-32-72)71(106)92(13)62(46-22-17-18-23-46)70(105)91(12)55(66(101)86(6)7)37-58(96)89(10)52(15-2)63(98)84-61/h21,25-26,28-29,33-34,43,46,48,51-56,61-62H,14-20,22-24,27,30-32,35-41H2,1-13H3,(H,83,95)(H,84,98)(H,85,99)/b42-21-/t43-,48+,51-,52-,53-,54-,55-,56-,61-,62-/m0/s1. The molecule has 33 heteroatoms. The van der Waals surface area contributed by atoms with Crippen molar-refractivity contribution in [2.24, 2.45) is 11.8 Å². The van der Waals surface area contributed by atoms with Crippen LogP contribution < -0.4 is 16.0 Å². The lowest BCUT2D eigenvalue weighted by Gasteiger charge is -2.46. The first kappa shape index (κ1) is 85.5. The molecule has 7 rings (SSSR count). The molecule has 2 saturated carbocycles. The molecule has 2 aromatic rings. The Morgan fingerprint density at radius 3 is 1.83 bits per heavy atom. The Balaban J connectivity index is 1.35. The SMILES string of the molecule is CCO[C@@H]1C[C@H]2C(=O)NC3(CCC3)C(=O)N(C)[C@@H](C3CCCC3)C(=O)N(C)[C@H](C(=O)N(C)C)CC(=O)N(C)[C@@H](CC)C(=O)N[C@@H]([C@@H](C)CC)C(=O)N(C)CC(=O)N(C)[C@H]3CC/C=C(/C)CN(C3=O)[C@@H](Cc3ccc(C(F)(F)F)cc3)C(=O)N(C)CC(=O)N[C@@H](CCc3cc(F)c(C(F)(F)F)c(F)c3)C(=O)N2C1. The number of amides is 12. The number of alkyl halides is 6. The van der Waals surface area contributed by atoms with Crippen molar-refractivity contribution in [1.82, 2.24) is 60.0 Å². The third-order valence-corrected chi connectivity index (χ3v) is 21.7. The van der Waals surface area contributed by atoms with E-state index < -0.39 is 222 Å². The largest absolute Gasteiger partial charge is 0.422 e. The number of nitrogens with zero attached hydrogens (tertiary/aromatic N) is 9. The summed E-state index contributed by atoms with van der Waals surface area (Å²) in [5.74, 6) is -15.2. The molecule has 12 amide bonds. The lowest BCUT2D eigenvalue weighted by Crippen LogP contribution is -2.68. The molecule has 592 valence electrons. The van der Waals surface area contributed by atoms with Crippen molar-refractivity contribution in [1.29, 1.82) is 0 Å². The normalized spacial score (nSPS) is 26.5. The van der Waals surface area contributed by atoms with E-state index in [2.05, 4.69) is 16.0 Å². The van der Waals surface area contributed by atoms with Crippen LogP contribution in [0.4, 0.5) is 35.1 Å². The predicted octanol–water partition coefficient (Wildman–Crippen LogP) is 5.49. The van der Waals surface area contributed by atoms with Gasteiger partial charge in [0.05, 0.1) is 31.2 Å². The van der Waals surface area contributed by atoms with Gasteiger partial charge in [0.25, 0.3) is 0 Å². The number of benzene rings is 2. The zero-order chi connectivity index (χ0) is 79.6. The van der Waals surface area contributed by atoms with E-state index in [4.69, 9.17) is 4.74 Å². The molecule has 2 bridgehead atoms. The molecule has 3 aliphatic heterocycles. The van der Waals surface area contributed by atoms with E-state index in [1.165, 1.54) is 59.1 Å². The summed E-state index contributed by atoms with van der Waals surface area (Å²) >= 11 is 0. The van der Waals surface area contributed by atoms with Gasteiger partial charge in [-0.1, -0.05) is 63.8 Å². The number of likely N-dealkylation sites (N-methyl/N-ethyl adjacent to an activating group) is 7. The Morgan fingerprint density at radius 2 is 1.28 bits per heavy atom. The van der Waals surface area contributed by atoms with Gasteiger partial charge in [-0.3, -0.25) is 57.5 Å². The maximum absolute atomic E-state index is 15.5. The van der Waals surface area contributed by atoms with Crippen LogP contribution in [0.3, 0.4) is 0 Å². The fraction of sp³-hybridized carbons (Fsp3) is 0.649. The minimum Gasteiger partial charge on any atom is -0.377 e. The molecule has 5 aliphatic rings. The van der Waals surface area contributed by atoms with E-state index in [1.807, 2.05) is 0 Å². The number of hydrogen-bond donors (Lipinski definition) is 3. The molecule has 0 aromatic heterocycles. The highest BCUT2D eigenvalue weighted by molar-refractivity contribution is 6.01. The molecule has 10 atom stereocenters. The fourth-order valence-corrected chi connectivity index (χ4v) is 15.0. The summed E-state index contributed by atoms with van der Waals surface area (Å²) < 4.78 is 120. The molecular formula is C74H102F8N12O13. The number of nitrogens with one attached hydrogen (secondary N) is 3. The molecule has 2 aromatic carbocycles. The summed E-state index contributed by atoms with van der Waals surface area (Å²) in [4.78, 5) is 190. The Bertz CT molecular complexity index is 3640. The van der Waals surface area contributed by atoms with E-state index in [9.17, 15) is 55.1 Å². The van der Waals surface area contributed by atoms with Crippen LogP contribution in [-0.2, 0) is 87.5 Å². The van der Waals surface area contributed by atoms with Crippen LogP contribution in [-0.4, -0.2) is 264 Å². The van der Waals surface area contributed by atoms with Gasteiger partial charge in [-0.25, -0.2) is 8.78 Å². The number of halogens is 8. The van der Waals surface area contributed by atoms with Gasteiger partial charge in [-0.15, -0.1) is 0 Å². The van der Waals surface area contributed by atoms with Crippen molar-refractivity contribution in [3.8, 4) is 0 Å². The van der Waals surface area contributed by atoms with E-state index in [1.54, 1.807) is 40.7 Å². The number of aryl methyl sites for hydroxylation is 1. The van der Waals surface area contributed by atoms with Crippen molar-refractivity contribution in [2.45, 2.75) is 210 Å². The van der Waals surface area contributed by atoms with Gasteiger partial charge in [-0.2, -0.15) is 26.3 Å². The molecule has 1 spiro atoms. The molecule has 3 heterocycles. The zero-order valence-electron chi connectivity index (χ0n) is 63.1. The number of allylic oxidation sites excluding steroid dienone is 1. The van der Waals surface area contributed by atoms with E-state index in [0.29, 0.717) is 56.2 Å². The van der Waals surface area contributed by atoms with Crippen molar-refractivity contribution < 1.29 is 97.4 Å². The molecule has 25 nitrogen and oxygen atoms in total. The van der Waals surface area contributed by atoms with Crippen molar-refractivity contribution in [3.05, 3.63) is 81.9 Å². The Morgan fingerprint density at radius 1 is 0.664 bits per heavy atom. The molecule has 3 N–H and O–H groups in total. The molecule has 4 fully saturated rings. The fourth-order valence-electron chi connectivity index (χ4n) is 15.0. The highest BCUT2D eigenvalue weighted by Gasteiger charge is 2.54. The first-order chi connectivity index (χ1) is 50.1. The topological polar surface area (TPSA) is 279 Å². The summed E-state index contributed by atoms with van der Waals surface area (Å²) in [7, 11) is 10.6. The second kappa shape index (κ2) is 36.0. The number of rotatable bonds is 12. The van der Waals surface area contributed by atoms with E-state index >= 15 is 37.5 Å². The van der Waals surface area contributed by atoms with Crippen LogP contribution in [0.15, 0.2) is 48.0 Å². The van der Waals surface area contributed by atoms with Gasteiger partial charge in [0.1, 0.15) is 71.1 Å². The Kier molecular flexibility index (Phi) is 28.7. The monoisotopic (exact) mass is 1520 g/mol. The second-order valence-electron chi connectivity index (χ2n) is 29.4. The van der Waals surface area contributed by atoms with Gasteiger partial charge in [-0.05, 0) is 125 Å². The summed E-state index contributed by atoms with van der Waals surface area (Å²) in [5, 5.41) is 8.21. The predicted molar refractivity (Wildman–Crippen MR) is 374 cm³/mol. The van der Waals surface area contributed by atoms with Crippen LogP contribution >= 0.6 is 0 Å². The molecule has 107 heavy (non-hydrogen) atoms. The van der Waals surface area contributed by atoms with Gasteiger partial charge in [0, 0.05) is 88.9 Å². The quantitative estimate of drug-likeness (QED) is 0.175.